The zero-order chi connectivity index (χ0) is 32.9. The first-order valence-corrected chi connectivity index (χ1v) is 15.5. The smallest absolute Gasteiger partial charge is 0.408 e. The van der Waals surface area contributed by atoms with Crippen LogP contribution in [0.1, 0.15) is 82.0 Å². The van der Waals surface area contributed by atoms with Crippen molar-refractivity contribution in [2.45, 2.75) is 90.4 Å². The Morgan fingerprint density at radius 3 is 2.20 bits per heavy atom. The number of thioether (sulfide) groups is 1. The number of benzene rings is 1. The summed E-state index contributed by atoms with van der Waals surface area (Å²) in [6.07, 6.45) is -0.201. The number of alkyl carbamates (subject to hydrolysis) is 1. The summed E-state index contributed by atoms with van der Waals surface area (Å²) in [5.41, 5.74) is 3.22. The molecule has 0 spiro atoms. The Morgan fingerprint density at radius 1 is 1.02 bits per heavy atom. The summed E-state index contributed by atoms with van der Waals surface area (Å²) in [7, 11) is 0. The monoisotopic (exact) mass is 622 g/mol. The van der Waals surface area contributed by atoms with Crippen LogP contribution in [0.3, 0.4) is 0 Å². The Morgan fingerprint density at radius 2 is 1.66 bits per heavy atom. The van der Waals surface area contributed by atoms with Crippen LogP contribution in [0.2, 0.25) is 0 Å². The molecule has 0 aliphatic rings. The SMILES string of the molecule is CCc1c(C#N)c(CNCCOC(=O)[C@@H](NC(=O)OC(C)(C)C)C(C)C)nc(SCc2ccc(CNC(C)=O)cc2)c1C#N. The molecule has 1 atom stereocenters. The lowest BCUT2D eigenvalue weighted by atomic mass is 10.00. The van der Waals surface area contributed by atoms with Gasteiger partial charge in [0.2, 0.25) is 5.91 Å². The fraction of sp³-hybridized carbons (Fsp3) is 0.500. The van der Waals surface area contributed by atoms with Gasteiger partial charge in [-0.15, -0.1) is 11.8 Å². The molecule has 1 aromatic heterocycles. The van der Waals surface area contributed by atoms with Gasteiger partial charge in [-0.25, -0.2) is 14.6 Å². The number of rotatable bonds is 14. The number of nitriles is 2. The number of nitrogens with one attached hydrogen (secondary N) is 3. The first-order valence-electron chi connectivity index (χ1n) is 14.5. The van der Waals surface area contributed by atoms with Crippen molar-refractivity contribution in [2.75, 3.05) is 13.2 Å². The van der Waals surface area contributed by atoms with Gasteiger partial charge in [-0.3, -0.25) is 4.79 Å². The number of ether oxygens (including phenoxy) is 2. The van der Waals surface area contributed by atoms with Crippen molar-refractivity contribution in [3.05, 3.63) is 57.8 Å². The number of pyridine rings is 1. The Bertz CT molecular complexity index is 1390. The highest BCUT2D eigenvalue weighted by molar-refractivity contribution is 7.98. The van der Waals surface area contributed by atoms with Crippen LogP contribution in [0.5, 0.6) is 0 Å². The molecule has 2 aromatic rings. The second-order valence-electron chi connectivity index (χ2n) is 11.4. The maximum absolute atomic E-state index is 12.7. The Hall–Kier alpha value is -4.13. The van der Waals surface area contributed by atoms with Gasteiger partial charge in [-0.05, 0) is 49.8 Å². The van der Waals surface area contributed by atoms with Gasteiger partial charge >= 0.3 is 12.1 Å². The van der Waals surface area contributed by atoms with E-state index in [1.54, 1.807) is 34.6 Å². The third-order valence-corrected chi connectivity index (χ3v) is 7.31. The van der Waals surface area contributed by atoms with Crippen LogP contribution >= 0.6 is 11.8 Å². The Balaban J connectivity index is 2.05. The van der Waals surface area contributed by atoms with E-state index in [0.29, 0.717) is 46.1 Å². The van der Waals surface area contributed by atoms with Crippen molar-refractivity contribution in [1.29, 1.82) is 10.5 Å². The van der Waals surface area contributed by atoms with E-state index in [9.17, 15) is 24.9 Å². The van der Waals surface area contributed by atoms with Crippen molar-refractivity contribution >= 4 is 29.7 Å². The van der Waals surface area contributed by atoms with Crippen molar-refractivity contribution in [3.8, 4) is 12.1 Å². The van der Waals surface area contributed by atoms with E-state index in [2.05, 4.69) is 33.1 Å². The lowest BCUT2D eigenvalue weighted by Gasteiger charge is -2.24. The third-order valence-electron chi connectivity index (χ3n) is 6.27. The van der Waals surface area contributed by atoms with Crippen LogP contribution in [0.15, 0.2) is 29.3 Å². The normalized spacial score (nSPS) is 11.7. The number of amides is 2. The van der Waals surface area contributed by atoms with Crippen LogP contribution in [0.4, 0.5) is 4.79 Å². The highest BCUT2D eigenvalue weighted by Gasteiger charge is 2.28. The minimum Gasteiger partial charge on any atom is -0.463 e. The largest absolute Gasteiger partial charge is 0.463 e. The maximum Gasteiger partial charge on any atom is 0.408 e. The lowest BCUT2D eigenvalue weighted by molar-refractivity contribution is -0.147. The highest BCUT2D eigenvalue weighted by Crippen LogP contribution is 2.30. The predicted octanol–water partition coefficient (Wildman–Crippen LogP) is 4.50. The van der Waals surface area contributed by atoms with E-state index in [0.717, 1.165) is 11.1 Å². The Kier molecular flexibility index (Phi) is 14.1. The maximum atomic E-state index is 12.7. The summed E-state index contributed by atoms with van der Waals surface area (Å²) in [6.45, 7) is 13.2. The minimum absolute atomic E-state index is 0.0381. The van der Waals surface area contributed by atoms with Gasteiger partial charge in [0.25, 0.3) is 0 Å². The number of hydrogen-bond acceptors (Lipinski definition) is 10. The molecule has 11 nitrogen and oxygen atoms in total. The molecule has 3 N–H and O–H groups in total. The average molecular weight is 623 g/mol. The van der Waals surface area contributed by atoms with Crippen molar-refractivity contribution in [2.24, 2.45) is 5.92 Å². The van der Waals surface area contributed by atoms with E-state index < -0.39 is 23.7 Å². The zero-order valence-corrected chi connectivity index (χ0v) is 27.3. The molecule has 0 fully saturated rings. The van der Waals surface area contributed by atoms with Crippen LogP contribution in [0, 0.1) is 28.6 Å². The van der Waals surface area contributed by atoms with E-state index in [-0.39, 0.29) is 31.5 Å². The van der Waals surface area contributed by atoms with Gasteiger partial charge in [0.15, 0.2) is 0 Å². The van der Waals surface area contributed by atoms with E-state index in [1.165, 1.54) is 18.7 Å². The third kappa shape index (κ3) is 11.5. The molecule has 0 unspecified atom stereocenters. The van der Waals surface area contributed by atoms with Crippen molar-refractivity contribution in [1.82, 2.24) is 20.9 Å². The number of carbonyl (C=O) groups excluding carboxylic acids is 3. The molecule has 0 saturated heterocycles. The van der Waals surface area contributed by atoms with Gasteiger partial charge in [-0.2, -0.15) is 10.5 Å². The van der Waals surface area contributed by atoms with E-state index in [1.807, 2.05) is 31.2 Å². The number of hydrogen-bond donors (Lipinski definition) is 3. The molecule has 2 rings (SSSR count). The van der Waals surface area contributed by atoms with Crippen LogP contribution < -0.4 is 16.0 Å². The zero-order valence-electron chi connectivity index (χ0n) is 26.5. The molecule has 0 aliphatic carbocycles. The molecule has 1 aromatic carbocycles. The molecule has 1 heterocycles. The van der Waals surface area contributed by atoms with Crippen molar-refractivity contribution < 1.29 is 23.9 Å². The fourth-order valence-electron chi connectivity index (χ4n) is 4.08. The van der Waals surface area contributed by atoms with E-state index >= 15 is 0 Å². The number of esters is 1. The quantitative estimate of drug-likeness (QED) is 0.155. The number of nitrogens with zero attached hydrogens (tertiary/aromatic N) is 3. The van der Waals surface area contributed by atoms with E-state index in [4.69, 9.17) is 9.47 Å². The molecule has 0 aliphatic heterocycles. The summed E-state index contributed by atoms with van der Waals surface area (Å²) in [4.78, 5) is 40.7. The molecule has 0 saturated carbocycles. The summed E-state index contributed by atoms with van der Waals surface area (Å²) in [6, 6.07) is 11.4. The molecule has 2 amide bonds. The summed E-state index contributed by atoms with van der Waals surface area (Å²) in [5, 5.41) is 28.9. The molecule has 0 bridgehead atoms. The second-order valence-corrected chi connectivity index (χ2v) is 12.4. The molecule has 44 heavy (non-hydrogen) atoms. The minimum atomic E-state index is -0.865. The second kappa shape index (κ2) is 17.2. The average Bonchev–Trinajstić information content (AvgIpc) is 2.96. The number of carbonyl (C=O) groups is 3. The highest BCUT2D eigenvalue weighted by atomic mass is 32.2. The summed E-state index contributed by atoms with van der Waals surface area (Å²) >= 11 is 1.42. The van der Waals surface area contributed by atoms with Gasteiger partial charge < -0.3 is 25.4 Å². The summed E-state index contributed by atoms with van der Waals surface area (Å²) < 4.78 is 10.6. The molecule has 236 valence electrons. The topological polar surface area (TPSA) is 166 Å². The standard InChI is InChI=1S/C32H42N6O5S/c1-8-24-25(15-33)27(18-35-13-14-42-30(40)28(20(2)3)38-31(41)43-32(5,6)7)37-29(26(24)16-34)44-19-23-11-9-22(10-12-23)17-36-21(4)39/h9-12,20,28,35H,8,13-14,17-19H2,1-7H3,(H,36,39)(H,38,41)/t28-/m0/s1. The Labute approximate surface area is 264 Å². The molecule has 12 heteroatoms. The molecular formula is C32H42N6O5S. The van der Waals surface area contributed by atoms with Gasteiger partial charge in [-0.1, -0.05) is 45.0 Å². The van der Waals surface area contributed by atoms with Crippen LogP contribution in [-0.4, -0.2) is 47.7 Å². The van der Waals surface area contributed by atoms with Crippen LogP contribution in [-0.2, 0) is 44.3 Å². The predicted molar refractivity (Wildman–Crippen MR) is 167 cm³/mol. The van der Waals surface area contributed by atoms with Gasteiger partial charge in [0, 0.05) is 32.3 Å². The summed E-state index contributed by atoms with van der Waals surface area (Å²) in [5.74, 6) is -0.314. The lowest BCUT2D eigenvalue weighted by Crippen LogP contribution is -2.47. The fourth-order valence-corrected chi connectivity index (χ4v) is 5.06. The molecular weight excluding hydrogens is 580 g/mol. The first kappa shape index (κ1) is 36.1. The van der Waals surface area contributed by atoms with Crippen molar-refractivity contribution in [3.63, 3.8) is 0 Å². The van der Waals surface area contributed by atoms with Crippen LogP contribution in [0.25, 0.3) is 0 Å². The van der Waals surface area contributed by atoms with Gasteiger partial charge in [0.05, 0.1) is 16.8 Å². The molecule has 0 radical (unpaired) electrons. The number of aromatic nitrogens is 1. The first-order chi connectivity index (χ1) is 20.8. The van der Waals surface area contributed by atoms with Gasteiger partial charge in [0.1, 0.15) is 35.4 Å².